The van der Waals surface area contributed by atoms with Crippen LogP contribution >= 0.6 is 0 Å². The highest BCUT2D eigenvalue weighted by Crippen LogP contribution is 2.14. The van der Waals surface area contributed by atoms with E-state index < -0.39 is 17.5 Å². The van der Waals surface area contributed by atoms with Crippen LogP contribution in [0.25, 0.3) is 0 Å². The zero-order valence-electron chi connectivity index (χ0n) is 9.42. The third-order valence-corrected chi connectivity index (χ3v) is 1.59. The lowest BCUT2D eigenvalue weighted by Gasteiger charge is -2.23. The molecule has 0 unspecified atom stereocenters. The average molecular weight is 202 g/mol. The van der Waals surface area contributed by atoms with Crippen LogP contribution in [0.3, 0.4) is 0 Å². The maximum atomic E-state index is 11.3. The molecule has 0 aliphatic carbocycles. The van der Waals surface area contributed by atoms with Gasteiger partial charge in [0.2, 0.25) is 5.60 Å². The Balaban J connectivity index is 4.33. The standard InChI is InChI=1S/C10H18O4/c1-6-13-9(12)10(4,5)14-8(11)7(2)3/h7H,6H2,1-5H3. The predicted octanol–water partition coefficient (Wildman–Crippen LogP) is 1.53. The Kier molecular flexibility index (Phi) is 4.60. The molecular formula is C10H18O4. The van der Waals surface area contributed by atoms with Gasteiger partial charge >= 0.3 is 11.9 Å². The lowest BCUT2D eigenvalue weighted by molar-refractivity contribution is -0.180. The first kappa shape index (κ1) is 12.9. The molecular weight excluding hydrogens is 184 g/mol. The van der Waals surface area contributed by atoms with Crippen molar-refractivity contribution >= 4 is 11.9 Å². The summed E-state index contributed by atoms with van der Waals surface area (Å²) in [7, 11) is 0. The van der Waals surface area contributed by atoms with Crippen LogP contribution in [-0.2, 0) is 19.1 Å². The molecule has 0 N–H and O–H groups in total. The molecule has 0 aliphatic heterocycles. The first-order valence-electron chi connectivity index (χ1n) is 4.71. The van der Waals surface area contributed by atoms with E-state index in [9.17, 15) is 9.59 Å². The van der Waals surface area contributed by atoms with Crippen LogP contribution in [0.2, 0.25) is 0 Å². The first-order valence-corrected chi connectivity index (χ1v) is 4.71. The third-order valence-electron chi connectivity index (χ3n) is 1.59. The third kappa shape index (κ3) is 3.77. The van der Waals surface area contributed by atoms with Gasteiger partial charge in [0.25, 0.3) is 0 Å². The van der Waals surface area contributed by atoms with Gasteiger partial charge in [-0.2, -0.15) is 0 Å². The smallest absolute Gasteiger partial charge is 0.349 e. The zero-order chi connectivity index (χ0) is 11.4. The normalized spacial score (nSPS) is 11.3. The van der Waals surface area contributed by atoms with Crippen LogP contribution in [0.5, 0.6) is 0 Å². The molecule has 0 aromatic carbocycles. The van der Waals surface area contributed by atoms with E-state index >= 15 is 0 Å². The van der Waals surface area contributed by atoms with Gasteiger partial charge in [-0.3, -0.25) is 4.79 Å². The van der Waals surface area contributed by atoms with E-state index in [1.54, 1.807) is 20.8 Å². The molecule has 0 fully saturated rings. The number of hydrogen-bond donors (Lipinski definition) is 0. The second-order valence-electron chi connectivity index (χ2n) is 3.81. The Hall–Kier alpha value is -1.06. The van der Waals surface area contributed by atoms with Gasteiger partial charge in [-0.15, -0.1) is 0 Å². The molecule has 0 saturated carbocycles. The lowest BCUT2D eigenvalue weighted by atomic mass is 10.1. The fourth-order valence-corrected chi connectivity index (χ4v) is 0.716. The molecule has 0 atom stereocenters. The number of carbonyl (C=O) groups is 2. The minimum Gasteiger partial charge on any atom is -0.463 e. The van der Waals surface area contributed by atoms with Crippen LogP contribution in [0.15, 0.2) is 0 Å². The molecule has 0 bridgehead atoms. The molecule has 0 spiro atoms. The summed E-state index contributed by atoms with van der Waals surface area (Å²) in [5.74, 6) is -1.17. The van der Waals surface area contributed by atoms with Crippen molar-refractivity contribution in [1.29, 1.82) is 0 Å². The maximum Gasteiger partial charge on any atom is 0.349 e. The van der Waals surface area contributed by atoms with Gasteiger partial charge < -0.3 is 9.47 Å². The Bertz CT molecular complexity index is 218. The zero-order valence-corrected chi connectivity index (χ0v) is 9.42. The number of esters is 2. The topological polar surface area (TPSA) is 52.6 Å². The molecule has 0 heterocycles. The van der Waals surface area contributed by atoms with Gasteiger partial charge in [0.1, 0.15) is 0 Å². The van der Waals surface area contributed by atoms with E-state index in [2.05, 4.69) is 0 Å². The van der Waals surface area contributed by atoms with E-state index in [-0.39, 0.29) is 12.5 Å². The van der Waals surface area contributed by atoms with Crippen molar-refractivity contribution in [2.75, 3.05) is 6.61 Å². The van der Waals surface area contributed by atoms with Gasteiger partial charge in [0, 0.05) is 0 Å². The van der Waals surface area contributed by atoms with Crippen LogP contribution < -0.4 is 0 Å². The summed E-state index contributed by atoms with van der Waals surface area (Å²) in [5, 5.41) is 0. The summed E-state index contributed by atoms with van der Waals surface area (Å²) in [6.45, 7) is 8.45. The molecule has 4 nitrogen and oxygen atoms in total. The Morgan fingerprint density at radius 2 is 1.79 bits per heavy atom. The summed E-state index contributed by atoms with van der Waals surface area (Å²) >= 11 is 0. The van der Waals surface area contributed by atoms with Crippen molar-refractivity contribution in [3.8, 4) is 0 Å². The Morgan fingerprint density at radius 1 is 1.29 bits per heavy atom. The largest absolute Gasteiger partial charge is 0.463 e. The van der Waals surface area contributed by atoms with Crippen molar-refractivity contribution in [3.63, 3.8) is 0 Å². The quantitative estimate of drug-likeness (QED) is 0.649. The maximum absolute atomic E-state index is 11.3. The number of ether oxygens (including phenoxy) is 2. The average Bonchev–Trinajstić information content (AvgIpc) is 2.03. The van der Waals surface area contributed by atoms with Crippen molar-refractivity contribution in [2.24, 2.45) is 5.92 Å². The number of rotatable bonds is 4. The van der Waals surface area contributed by atoms with Crippen molar-refractivity contribution in [1.82, 2.24) is 0 Å². The minimum absolute atomic E-state index is 0.247. The summed E-state index contributed by atoms with van der Waals surface area (Å²) < 4.78 is 9.77. The van der Waals surface area contributed by atoms with Crippen LogP contribution in [0.4, 0.5) is 0 Å². The Labute approximate surface area is 84.6 Å². The van der Waals surface area contributed by atoms with E-state index in [0.717, 1.165) is 0 Å². The van der Waals surface area contributed by atoms with Gasteiger partial charge in [-0.1, -0.05) is 13.8 Å². The highest BCUT2D eigenvalue weighted by Gasteiger charge is 2.34. The van der Waals surface area contributed by atoms with Crippen molar-refractivity contribution < 1.29 is 19.1 Å². The van der Waals surface area contributed by atoms with Gasteiger partial charge in [0.05, 0.1) is 12.5 Å². The highest BCUT2D eigenvalue weighted by molar-refractivity contribution is 5.83. The van der Waals surface area contributed by atoms with E-state index in [1.165, 1.54) is 13.8 Å². The molecule has 4 heteroatoms. The molecule has 82 valence electrons. The Morgan fingerprint density at radius 3 is 2.14 bits per heavy atom. The molecule has 0 rings (SSSR count). The predicted molar refractivity (Wildman–Crippen MR) is 51.6 cm³/mol. The number of hydrogen-bond acceptors (Lipinski definition) is 4. The fraction of sp³-hybridized carbons (Fsp3) is 0.800. The SMILES string of the molecule is CCOC(=O)C(C)(C)OC(=O)C(C)C. The van der Waals surface area contributed by atoms with Gasteiger partial charge in [-0.25, -0.2) is 4.79 Å². The molecule has 0 amide bonds. The van der Waals surface area contributed by atoms with Crippen molar-refractivity contribution in [3.05, 3.63) is 0 Å². The van der Waals surface area contributed by atoms with Crippen LogP contribution in [-0.4, -0.2) is 24.1 Å². The second-order valence-corrected chi connectivity index (χ2v) is 3.81. The fourth-order valence-electron chi connectivity index (χ4n) is 0.716. The summed E-state index contributed by atoms with van der Waals surface area (Å²) in [4.78, 5) is 22.6. The van der Waals surface area contributed by atoms with Crippen LogP contribution in [0, 0.1) is 5.92 Å². The van der Waals surface area contributed by atoms with E-state index in [1.807, 2.05) is 0 Å². The van der Waals surface area contributed by atoms with Gasteiger partial charge in [0.15, 0.2) is 0 Å². The monoisotopic (exact) mass is 202 g/mol. The molecule has 0 aromatic heterocycles. The molecule has 0 saturated heterocycles. The highest BCUT2D eigenvalue weighted by atomic mass is 16.6. The second kappa shape index (κ2) is 4.98. The van der Waals surface area contributed by atoms with E-state index in [4.69, 9.17) is 9.47 Å². The summed E-state index contributed by atoms with van der Waals surface area (Å²) in [5.41, 5.74) is -1.20. The number of carbonyl (C=O) groups excluding carboxylic acids is 2. The molecule has 0 aliphatic rings. The molecule has 0 aromatic rings. The summed E-state index contributed by atoms with van der Waals surface area (Å²) in [6, 6.07) is 0. The van der Waals surface area contributed by atoms with E-state index in [0.29, 0.717) is 0 Å². The summed E-state index contributed by atoms with van der Waals surface area (Å²) in [6.07, 6.45) is 0. The molecule has 14 heavy (non-hydrogen) atoms. The van der Waals surface area contributed by atoms with Gasteiger partial charge in [-0.05, 0) is 20.8 Å². The molecule has 0 radical (unpaired) electrons. The minimum atomic E-state index is -1.20. The first-order chi connectivity index (χ1) is 6.31. The van der Waals surface area contributed by atoms with Crippen molar-refractivity contribution in [2.45, 2.75) is 40.2 Å². The lowest BCUT2D eigenvalue weighted by Crippen LogP contribution is -2.39. The van der Waals surface area contributed by atoms with Crippen LogP contribution in [0.1, 0.15) is 34.6 Å².